The molecule has 1 aromatic heterocycles. The molecule has 0 radical (unpaired) electrons. The van der Waals surface area contributed by atoms with Gasteiger partial charge in [0.05, 0.1) is 0 Å². The van der Waals surface area contributed by atoms with Crippen molar-refractivity contribution in [1.29, 1.82) is 0 Å². The molecule has 1 unspecified atom stereocenters. The van der Waals surface area contributed by atoms with Crippen molar-refractivity contribution in [3.63, 3.8) is 0 Å². The third kappa shape index (κ3) is 2.75. The highest BCUT2D eigenvalue weighted by Crippen LogP contribution is 2.36. The van der Waals surface area contributed by atoms with Crippen LogP contribution in [0.25, 0.3) is 5.57 Å². The first-order valence-corrected chi connectivity index (χ1v) is 6.70. The van der Waals surface area contributed by atoms with Crippen LogP contribution in [0, 0.1) is 0 Å². The molecule has 0 saturated carbocycles. The molecule has 1 aliphatic rings. The quantitative estimate of drug-likeness (QED) is 0.870. The smallest absolute Gasteiger partial charge is 0.126 e. The van der Waals surface area contributed by atoms with Gasteiger partial charge in [-0.05, 0) is 59.3 Å². The third-order valence-electron chi connectivity index (χ3n) is 3.07. The second-order valence-corrected chi connectivity index (χ2v) is 5.10. The molecule has 17 heavy (non-hydrogen) atoms. The second kappa shape index (κ2) is 5.74. The molecule has 1 aliphatic carbocycles. The van der Waals surface area contributed by atoms with E-state index in [1.807, 2.05) is 6.08 Å². The molecule has 1 aromatic rings. The molecule has 0 spiro atoms. The van der Waals surface area contributed by atoms with E-state index in [9.17, 15) is 4.39 Å². The summed E-state index contributed by atoms with van der Waals surface area (Å²) < 4.78 is 14.9. The Hall–Kier alpha value is -0.740. The average molecular weight is 299 g/mol. The minimum absolute atomic E-state index is 0.560. The molecule has 0 fully saturated rings. The number of allylic oxidation sites excluding steroid dienone is 2. The largest absolute Gasteiger partial charge is 0.330 e. The number of hydrogen-bond acceptors (Lipinski definition) is 2. The third-order valence-corrected chi connectivity index (χ3v) is 3.76. The Labute approximate surface area is 109 Å². The first-order chi connectivity index (χ1) is 8.24. The summed E-state index contributed by atoms with van der Waals surface area (Å²) in [6.07, 6.45) is 7.71. The number of nitrogens with zero attached hydrogens (tertiary/aromatic N) is 1. The Bertz CT molecular complexity index is 431. The van der Waals surface area contributed by atoms with Crippen LogP contribution in [0.5, 0.6) is 0 Å². The Morgan fingerprint density at radius 2 is 2.35 bits per heavy atom. The zero-order valence-corrected chi connectivity index (χ0v) is 11.2. The fraction of sp³-hybridized carbons (Fsp3) is 0.462. The normalized spacial score (nSPS) is 21.6. The number of fused-ring (bicyclic) bond motifs is 1. The van der Waals surface area contributed by atoms with Crippen LogP contribution in [0.1, 0.15) is 30.4 Å². The Balaban J connectivity index is 2.33. The summed E-state index contributed by atoms with van der Waals surface area (Å²) >= 11 is 3.48. The lowest BCUT2D eigenvalue weighted by atomic mass is 9.87. The van der Waals surface area contributed by atoms with Crippen molar-refractivity contribution < 1.29 is 4.39 Å². The van der Waals surface area contributed by atoms with Gasteiger partial charge in [0.25, 0.3) is 0 Å². The van der Waals surface area contributed by atoms with Crippen molar-refractivity contribution in [3.8, 4) is 0 Å². The molecule has 0 saturated heterocycles. The maximum Gasteiger partial charge on any atom is 0.126 e. The average Bonchev–Trinajstić information content (AvgIpc) is 2.32. The van der Waals surface area contributed by atoms with E-state index in [0.717, 1.165) is 34.9 Å². The molecule has 2 nitrogen and oxygen atoms in total. The maximum absolute atomic E-state index is 13.9. The van der Waals surface area contributed by atoms with Crippen molar-refractivity contribution in [2.75, 3.05) is 6.54 Å². The number of rotatable bonds is 3. The molecule has 0 aliphatic heterocycles. The van der Waals surface area contributed by atoms with Crippen LogP contribution >= 0.6 is 15.9 Å². The molecule has 4 heteroatoms. The number of halogens is 2. The highest BCUT2D eigenvalue weighted by atomic mass is 79.9. The van der Waals surface area contributed by atoms with Crippen LogP contribution in [0.4, 0.5) is 4.39 Å². The SMILES string of the molecule is NCCC/C=C1/c2cncc(Br)c2CCC1F. The van der Waals surface area contributed by atoms with E-state index in [2.05, 4.69) is 20.9 Å². The van der Waals surface area contributed by atoms with Gasteiger partial charge in [-0.25, -0.2) is 4.39 Å². The van der Waals surface area contributed by atoms with Gasteiger partial charge in [-0.2, -0.15) is 0 Å². The van der Waals surface area contributed by atoms with Gasteiger partial charge in [0.1, 0.15) is 6.17 Å². The number of nitrogens with two attached hydrogens (primary N) is 1. The monoisotopic (exact) mass is 298 g/mol. The molecule has 2 N–H and O–H groups in total. The predicted molar refractivity (Wildman–Crippen MR) is 71.4 cm³/mol. The molecule has 1 atom stereocenters. The van der Waals surface area contributed by atoms with Crippen molar-refractivity contribution in [1.82, 2.24) is 4.98 Å². The molecule has 0 bridgehead atoms. The lowest BCUT2D eigenvalue weighted by molar-refractivity contribution is 0.382. The van der Waals surface area contributed by atoms with E-state index in [0.29, 0.717) is 13.0 Å². The van der Waals surface area contributed by atoms with Crippen LogP contribution in [-0.2, 0) is 6.42 Å². The highest BCUT2D eigenvalue weighted by Gasteiger charge is 2.24. The van der Waals surface area contributed by atoms with Gasteiger partial charge < -0.3 is 5.73 Å². The molecular formula is C13H16BrFN2. The predicted octanol–water partition coefficient (Wildman–Crippen LogP) is 3.25. The number of hydrogen-bond donors (Lipinski definition) is 1. The summed E-state index contributed by atoms with van der Waals surface area (Å²) in [5, 5.41) is 0. The van der Waals surface area contributed by atoms with Crippen LogP contribution < -0.4 is 5.73 Å². The Morgan fingerprint density at radius 3 is 3.12 bits per heavy atom. The van der Waals surface area contributed by atoms with Gasteiger partial charge in [0.15, 0.2) is 0 Å². The minimum Gasteiger partial charge on any atom is -0.330 e. The Morgan fingerprint density at radius 1 is 1.53 bits per heavy atom. The lowest BCUT2D eigenvalue weighted by Crippen LogP contribution is -2.15. The first kappa shape index (κ1) is 12.7. The van der Waals surface area contributed by atoms with E-state index in [1.54, 1.807) is 12.4 Å². The van der Waals surface area contributed by atoms with E-state index >= 15 is 0 Å². The highest BCUT2D eigenvalue weighted by molar-refractivity contribution is 9.10. The number of alkyl halides is 1. The zero-order chi connectivity index (χ0) is 12.3. The van der Waals surface area contributed by atoms with Gasteiger partial charge in [-0.3, -0.25) is 4.98 Å². The molecule has 92 valence electrons. The molecule has 0 aromatic carbocycles. The van der Waals surface area contributed by atoms with Crippen molar-refractivity contribution in [2.24, 2.45) is 5.73 Å². The molecule has 1 heterocycles. The van der Waals surface area contributed by atoms with E-state index < -0.39 is 6.17 Å². The van der Waals surface area contributed by atoms with Crippen LogP contribution in [-0.4, -0.2) is 17.7 Å². The summed E-state index contributed by atoms with van der Waals surface area (Å²) in [4.78, 5) is 4.13. The number of pyridine rings is 1. The standard InChI is InChI=1S/C13H16BrFN2/c14-12-8-17-7-11-9(12)4-5-13(15)10(11)3-1-2-6-16/h3,7-8,13H,1-2,4-6,16H2/b10-3-. The van der Waals surface area contributed by atoms with Crippen LogP contribution in [0.15, 0.2) is 22.9 Å². The van der Waals surface area contributed by atoms with E-state index in [-0.39, 0.29) is 0 Å². The van der Waals surface area contributed by atoms with E-state index in [1.165, 1.54) is 5.56 Å². The van der Waals surface area contributed by atoms with Gasteiger partial charge in [-0.1, -0.05) is 6.08 Å². The van der Waals surface area contributed by atoms with Crippen molar-refractivity contribution >= 4 is 21.5 Å². The lowest BCUT2D eigenvalue weighted by Gasteiger charge is -2.23. The first-order valence-electron chi connectivity index (χ1n) is 5.91. The molecule has 2 rings (SSSR count). The topological polar surface area (TPSA) is 38.9 Å². The summed E-state index contributed by atoms with van der Waals surface area (Å²) in [5.74, 6) is 0. The van der Waals surface area contributed by atoms with Gasteiger partial charge >= 0.3 is 0 Å². The van der Waals surface area contributed by atoms with Gasteiger partial charge in [-0.15, -0.1) is 0 Å². The van der Waals surface area contributed by atoms with Crippen molar-refractivity contribution in [2.45, 2.75) is 31.9 Å². The van der Waals surface area contributed by atoms with E-state index in [4.69, 9.17) is 5.73 Å². The second-order valence-electron chi connectivity index (χ2n) is 4.24. The summed E-state index contributed by atoms with van der Waals surface area (Å²) in [7, 11) is 0. The Kier molecular flexibility index (Phi) is 4.29. The number of unbranched alkanes of at least 4 members (excludes halogenated alkanes) is 1. The molecule has 0 amide bonds. The summed E-state index contributed by atoms with van der Waals surface area (Å²) in [6, 6.07) is 0. The van der Waals surface area contributed by atoms with Crippen LogP contribution in [0.2, 0.25) is 0 Å². The molecular weight excluding hydrogens is 283 g/mol. The van der Waals surface area contributed by atoms with Gasteiger partial charge in [0.2, 0.25) is 0 Å². The van der Waals surface area contributed by atoms with Gasteiger partial charge in [0, 0.05) is 22.4 Å². The van der Waals surface area contributed by atoms with Crippen LogP contribution in [0.3, 0.4) is 0 Å². The fourth-order valence-corrected chi connectivity index (χ4v) is 2.70. The maximum atomic E-state index is 13.9. The number of aromatic nitrogens is 1. The fourth-order valence-electron chi connectivity index (χ4n) is 2.17. The summed E-state index contributed by atoms with van der Waals surface area (Å²) in [6.45, 7) is 0.643. The summed E-state index contributed by atoms with van der Waals surface area (Å²) in [5.41, 5.74) is 8.37. The zero-order valence-electron chi connectivity index (χ0n) is 9.63. The minimum atomic E-state index is -0.864. The van der Waals surface area contributed by atoms with Crippen molar-refractivity contribution in [3.05, 3.63) is 34.1 Å².